The van der Waals surface area contributed by atoms with Crippen molar-refractivity contribution in [1.82, 2.24) is 4.90 Å². The molecule has 3 nitrogen and oxygen atoms in total. The lowest BCUT2D eigenvalue weighted by molar-refractivity contribution is -0.140. The molecule has 0 aromatic heterocycles. The van der Waals surface area contributed by atoms with Gasteiger partial charge >= 0.3 is 6.18 Å². The summed E-state index contributed by atoms with van der Waals surface area (Å²) in [7, 11) is 1.31. The minimum absolute atomic E-state index is 0.166. The molecule has 0 saturated carbocycles. The van der Waals surface area contributed by atoms with Crippen molar-refractivity contribution < 1.29 is 27.1 Å². The monoisotopic (exact) mass is 313 g/mol. The Morgan fingerprint density at radius 1 is 1.40 bits per heavy atom. The second-order valence-corrected chi connectivity index (χ2v) is 4.25. The van der Waals surface area contributed by atoms with E-state index in [4.69, 9.17) is 16.3 Å². The van der Waals surface area contributed by atoms with Crippen LogP contribution in [0.1, 0.15) is 10.4 Å². The number of halogens is 5. The van der Waals surface area contributed by atoms with Crippen molar-refractivity contribution in [2.45, 2.75) is 6.18 Å². The molecule has 0 aliphatic carbocycles. The lowest BCUT2D eigenvalue weighted by atomic mass is 10.1. The van der Waals surface area contributed by atoms with Gasteiger partial charge in [-0.2, -0.15) is 13.2 Å². The summed E-state index contributed by atoms with van der Waals surface area (Å²) in [5, 5.41) is 0. The summed E-state index contributed by atoms with van der Waals surface area (Å²) >= 11 is 5.37. The number of rotatable bonds is 5. The molecule has 1 amide bonds. The Morgan fingerprint density at radius 2 is 2.05 bits per heavy atom. The maximum Gasteiger partial charge on any atom is 0.406 e. The molecule has 1 aromatic carbocycles. The Kier molecular flexibility index (Phi) is 5.62. The molecule has 0 atom stereocenters. The third kappa shape index (κ3) is 4.56. The average Bonchev–Trinajstić information content (AvgIpc) is 2.35. The first kappa shape index (κ1) is 16.6. The molecule has 0 saturated heterocycles. The van der Waals surface area contributed by atoms with Crippen molar-refractivity contribution in [3.05, 3.63) is 29.6 Å². The van der Waals surface area contributed by atoms with Crippen LogP contribution in [-0.2, 0) is 0 Å². The van der Waals surface area contributed by atoms with Crippen LogP contribution in [0.5, 0.6) is 5.75 Å². The summed E-state index contributed by atoms with van der Waals surface area (Å²) in [6, 6.07) is 3.30. The fraction of sp³-hybridized carbons (Fsp3) is 0.417. The van der Waals surface area contributed by atoms with Crippen molar-refractivity contribution in [2.24, 2.45) is 0 Å². The summed E-state index contributed by atoms with van der Waals surface area (Å²) in [6.07, 6.45) is -4.58. The Balaban J connectivity index is 3.00. The Morgan fingerprint density at radius 3 is 2.50 bits per heavy atom. The molecule has 0 heterocycles. The summed E-state index contributed by atoms with van der Waals surface area (Å²) in [6.45, 7) is -1.81. The van der Waals surface area contributed by atoms with E-state index >= 15 is 0 Å². The van der Waals surface area contributed by atoms with E-state index in [1.165, 1.54) is 13.2 Å². The topological polar surface area (TPSA) is 29.5 Å². The lowest BCUT2D eigenvalue weighted by Crippen LogP contribution is -2.40. The first-order valence-corrected chi connectivity index (χ1v) is 6.07. The van der Waals surface area contributed by atoms with E-state index in [9.17, 15) is 22.4 Å². The average molecular weight is 314 g/mol. The van der Waals surface area contributed by atoms with E-state index in [1.54, 1.807) is 0 Å². The van der Waals surface area contributed by atoms with E-state index in [0.717, 1.165) is 12.1 Å². The number of hydrogen-bond acceptors (Lipinski definition) is 2. The minimum Gasteiger partial charge on any atom is -0.497 e. The molecular weight excluding hydrogens is 302 g/mol. The van der Waals surface area contributed by atoms with Crippen LogP contribution in [0.15, 0.2) is 18.2 Å². The molecule has 112 valence electrons. The molecule has 0 aliphatic rings. The lowest BCUT2D eigenvalue weighted by Gasteiger charge is -2.23. The molecular formula is C12H12ClF4NO2. The van der Waals surface area contributed by atoms with Crippen molar-refractivity contribution >= 4 is 17.5 Å². The Hall–Kier alpha value is -1.50. The van der Waals surface area contributed by atoms with Crippen LogP contribution >= 0.6 is 11.6 Å². The fourth-order valence-corrected chi connectivity index (χ4v) is 1.74. The number of alkyl halides is 4. The van der Waals surface area contributed by atoms with Crippen molar-refractivity contribution in [3.8, 4) is 5.75 Å². The van der Waals surface area contributed by atoms with Gasteiger partial charge in [-0.05, 0) is 12.1 Å². The number of carbonyl (C=O) groups excluding carboxylic acids is 1. The van der Waals surface area contributed by atoms with E-state index < -0.39 is 30.0 Å². The van der Waals surface area contributed by atoms with Crippen LogP contribution in [0.3, 0.4) is 0 Å². The van der Waals surface area contributed by atoms with Crippen LogP contribution in [0.25, 0.3) is 0 Å². The maximum absolute atomic E-state index is 13.7. The van der Waals surface area contributed by atoms with Gasteiger partial charge in [0.2, 0.25) is 0 Å². The van der Waals surface area contributed by atoms with Gasteiger partial charge in [-0.25, -0.2) is 4.39 Å². The zero-order chi connectivity index (χ0) is 15.3. The number of methoxy groups -OCH3 is 1. The van der Waals surface area contributed by atoms with E-state index in [-0.39, 0.29) is 18.2 Å². The Labute approximate surface area is 118 Å². The van der Waals surface area contributed by atoms with Crippen LogP contribution < -0.4 is 4.74 Å². The van der Waals surface area contributed by atoms with E-state index in [1.807, 2.05) is 0 Å². The van der Waals surface area contributed by atoms with E-state index in [0.29, 0.717) is 4.90 Å². The number of nitrogens with zero attached hydrogens (tertiary/aromatic N) is 1. The largest absolute Gasteiger partial charge is 0.497 e. The smallest absolute Gasteiger partial charge is 0.406 e. The van der Waals surface area contributed by atoms with Gasteiger partial charge in [0.15, 0.2) is 0 Å². The molecule has 0 radical (unpaired) electrons. The van der Waals surface area contributed by atoms with Crippen molar-refractivity contribution in [1.29, 1.82) is 0 Å². The van der Waals surface area contributed by atoms with Gasteiger partial charge in [0, 0.05) is 18.5 Å². The van der Waals surface area contributed by atoms with Gasteiger partial charge in [-0.15, -0.1) is 11.6 Å². The number of ether oxygens (including phenoxy) is 1. The molecule has 1 aromatic rings. The highest BCUT2D eigenvalue weighted by molar-refractivity contribution is 6.18. The third-order valence-electron chi connectivity index (χ3n) is 2.42. The van der Waals surface area contributed by atoms with Crippen LogP contribution in [0, 0.1) is 5.82 Å². The normalized spacial score (nSPS) is 11.3. The van der Waals surface area contributed by atoms with Crippen LogP contribution in [0.2, 0.25) is 0 Å². The van der Waals surface area contributed by atoms with Crippen molar-refractivity contribution in [3.63, 3.8) is 0 Å². The molecule has 0 unspecified atom stereocenters. The molecule has 20 heavy (non-hydrogen) atoms. The molecule has 0 fully saturated rings. The van der Waals surface area contributed by atoms with E-state index in [2.05, 4.69) is 0 Å². The van der Waals surface area contributed by atoms with Crippen LogP contribution in [0.4, 0.5) is 17.6 Å². The molecule has 8 heteroatoms. The molecule has 0 N–H and O–H groups in total. The van der Waals surface area contributed by atoms with Gasteiger partial charge in [-0.3, -0.25) is 4.79 Å². The predicted molar refractivity (Wildman–Crippen MR) is 65.6 cm³/mol. The maximum atomic E-state index is 13.7. The number of carbonyl (C=O) groups is 1. The van der Waals surface area contributed by atoms with Crippen LogP contribution in [-0.4, -0.2) is 43.1 Å². The predicted octanol–water partition coefficient (Wildman–Crippen LogP) is 3.08. The molecule has 1 rings (SSSR count). The fourth-order valence-electron chi connectivity index (χ4n) is 1.54. The Bertz CT molecular complexity index is 479. The summed E-state index contributed by atoms with van der Waals surface area (Å²) in [5.41, 5.74) is -0.458. The first-order valence-electron chi connectivity index (χ1n) is 5.54. The number of hydrogen-bond donors (Lipinski definition) is 0. The molecule has 0 bridgehead atoms. The van der Waals surface area contributed by atoms with Gasteiger partial charge in [0.05, 0.1) is 12.7 Å². The quantitative estimate of drug-likeness (QED) is 0.617. The highest BCUT2D eigenvalue weighted by Crippen LogP contribution is 2.21. The highest BCUT2D eigenvalue weighted by atomic mass is 35.5. The van der Waals surface area contributed by atoms with Crippen molar-refractivity contribution in [2.75, 3.05) is 26.1 Å². The third-order valence-corrected chi connectivity index (χ3v) is 2.59. The minimum atomic E-state index is -4.58. The first-order chi connectivity index (χ1) is 9.28. The zero-order valence-electron chi connectivity index (χ0n) is 10.5. The molecule has 0 spiro atoms. The van der Waals surface area contributed by atoms with Gasteiger partial charge in [-0.1, -0.05) is 0 Å². The van der Waals surface area contributed by atoms with Gasteiger partial charge in [0.1, 0.15) is 18.1 Å². The summed E-state index contributed by atoms with van der Waals surface area (Å²) in [4.78, 5) is 12.4. The second kappa shape index (κ2) is 6.78. The van der Waals surface area contributed by atoms with Gasteiger partial charge in [0.25, 0.3) is 5.91 Å². The summed E-state index contributed by atoms with van der Waals surface area (Å²) < 4.78 is 55.6. The molecule has 0 aliphatic heterocycles. The number of benzene rings is 1. The number of amides is 1. The summed E-state index contributed by atoms with van der Waals surface area (Å²) in [5.74, 6) is -2.03. The van der Waals surface area contributed by atoms with Gasteiger partial charge < -0.3 is 9.64 Å². The zero-order valence-corrected chi connectivity index (χ0v) is 11.3. The highest BCUT2D eigenvalue weighted by Gasteiger charge is 2.33. The standard InChI is InChI=1S/C12H12ClF4NO2/c1-20-8-2-3-9(10(14)6-8)11(19)18(5-4-13)7-12(15,16)17/h2-3,6H,4-5,7H2,1H3. The second-order valence-electron chi connectivity index (χ2n) is 3.88. The SMILES string of the molecule is COc1ccc(C(=O)N(CCCl)CC(F)(F)F)c(F)c1.